The molecular formula is C24H24N4O3S. The molecule has 3 aromatic rings. The van der Waals surface area contributed by atoms with Gasteiger partial charge in [0.2, 0.25) is 5.91 Å². The largest absolute Gasteiger partial charge is 0.302 e. The fourth-order valence-electron chi connectivity index (χ4n) is 4.43. The maximum absolute atomic E-state index is 12.9. The van der Waals surface area contributed by atoms with Gasteiger partial charge < -0.3 is 5.32 Å². The summed E-state index contributed by atoms with van der Waals surface area (Å²) in [4.78, 5) is 47.7. The second-order valence-corrected chi connectivity index (χ2v) is 9.21. The Bertz CT molecular complexity index is 1180. The van der Waals surface area contributed by atoms with Crippen LogP contribution in [0.15, 0.2) is 36.4 Å². The SMILES string of the molecule is CCN1CCc2nc(NC(=O)CCCN3C(=O)c4cccc5cccc(c45)C3=O)sc2C1. The number of carbonyl (C=O) groups is 3. The number of amides is 3. The molecule has 0 radical (unpaired) electrons. The van der Waals surface area contributed by atoms with Crippen LogP contribution in [0.25, 0.3) is 10.8 Å². The number of anilines is 1. The maximum atomic E-state index is 12.9. The standard InChI is InChI=1S/C24H24N4O3S/c1-2-27-13-11-18-19(14-27)32-24(25-18)26-20(29)10-5-12-28-22(30)16-8-3-6-15-7-4-9-17(21(15)16)23(28)31/h3-4,6-9H,2,5,10-14H2,1H3,(H,25,26,29). The van der Waals surface area contributed by atoms with Gasteiger partial charge in [-0.25, -0.2) is 4.98 Å². The fraction of sp³-hybridized carbons (Fsp3) is 0.333. The number of fused-ring (bicyclic) bond motifs is 1. The second kappa shape index (κ2) is 8.44. The van der Waals surface area contributed by atoms with Crippen molar-refractivity contribution in [3.05, 3.63) is 58.1 Å². The van der Waals surface area contributed by atoms with Crippen molar-refractivity contribution in [3.63, 3.8) is 0 Å². The zero-order valence-corrected chi connectivity index (χ0v) is 18.7. The molecule has 0 saturated carbocycles. The van der Waals surface area contributed by atoms with E-state index in [9.17, 15) is 14.4 Å². The first-order chi connectivity index (χ1) is 15.5. The van der Waals surface area contributed by atoms with Crippen LogP contribution in [0, 0.1) is 0 Å². The molecule has 3 heterocycles. The number of nitrogens with zero attached hydrogens (tertiary/aromatic N) is 3. The number of imide groups is 1. The summed E-state index contributed by atoms with van der Waals surface area (Å²) in [5.74, 6) is -0.747. The molecule has 0 bridgehead atoms. The van der Waals surface area contributed by atoms with Crippen LogP contribution in [0.2, 0.25) is 0 Å². The van der Waals surface area contributed by atoms with Gasteiger partial charge >= 0.3 is 0 Å². The number of hydrogen-bond donors (Lipinski definition) is 1. The van der Waals surface area contributed by atoms with Gasteiger partial charge in [-0.1, -0.05) is 31.2 Å². The molecule has 32 heavy (non-hydrogen) atoms. The smallest absolute Gasteiger partial charge is 0.261 e. The van der Waals surface area contributed by atoms with Crippen molar-refractivity contribution in [2.75, 3.05) is 25.0 Å². The summed E-state index contributed by atoms with van der Waals surface area (Å²) >= 11 is 1.53. The number of likely N-dealkylation sites (N-methyl/N-ethyl adjacent to an activating group) is 1. The summed E-state index contributed by atoms with van der Waals surface area (Å²) < 4.78 is 0. The molecule has 164 valence electrons. The predicted molar refractivity (Wildman–Crippen MR) is 124 cm³/mol. The molecule has 0 spiro atoms. The van der Waals surface area contributed by atoms with E-state index >= 15 is 0 Å². The zero-order chi connectivity index (χ0) is 22.2. The molecule has 0 unspecified atom stereocenters. The van der Waals surface area contributed by atoms with Gasteiger partial charge in [0, 0.05) is 53.9 Å². The van der Waals surface area contributed by atoms with Crippen LogP contribution in [0.1, 0.15) is 51.1 Å². The summed E-state index contributed by atoms with van der Waals surface area (Å²) in [5.41, 5.74) is 2.15. The summed E-state index contributed by atoms with van der Waals surface area (Å²) in [6.07, 6.45) is 1.52. The van der Waals surface area contributed by atoms with E-state index in [1.807, 2.05) is 24.3 Å². The van der Waals surface area contributed by atoms with Crippen LogP contribution in [0.4, 0.5) is 5.13 Å². The second-order valence-electron chi connectivity index (χ2n) is 8.13. The minimum Gasteiger partial charge on any atom is -0.302 e. The van der Waals surface area contributed by atoms with Crippen molar-refractivity contribution in [1.29, 1.82) is 0 Å². The first kappa shape index (κ1) is 20.8. The summed E-state index contributed by atoms with van der Waals surface area (Å²) in [7, 11) is 0. The molecule has 8 heteroatoms. The molecule has 7 nitrogen and oxygen atoms in total. The molecule has 2 aromatic carbocycles. The van der Waals surface area contributed by atoms with Crippen molar-refractivity contribution < 1.29 is 14.4 Å². The van der Waals surface area contributed by atoms with Crippen molar-refractivity contribution in [1.82, 2.24) is 14.8 Å². The molecule has 1 N–H and O–H groups in total. The Kier molecular flexibility index (Phi) is 5.48. The highest BCUT2D eigenvalue weighted by Gasteiger charge is 2.32. The van der Waals surface area contributed by atoms with Gasteiger partial charge in [0.05, 0.1) is 5.69 Å². The lowest BCUT2D eigenvalue weighted by molar-refractivity contribution is -0.116. The van der Waals surface area contributed by atoms with E-state index in [2.05, 4.69) is 22.1 Å². The third-order valence-electron chi connectivity index (χ3n) is 6.15. The van der Waals surface area contributed by atoms with E-state index in [4.69, 9.17) is 0 Å². The van der Waals surface area contributed by atoms with E-state index in [0.717, 1.165) is 37.1 Å². The number of carbonyl (C=O) groups excluding carboxylic acids is 3. The Labute approximate surface area is 190 Å². The van der Waals surface area contributed by atoms with Gasteiger partial charge in [-0.05, 0) is 30.5 Å². The summed E-state index contributed by atoms with van der Waals surface area (Å²) in [5, 5.41) is 5.11. The van der Waals surface area contributed by atoms with E-state index in [1.165, 1.54) is 21.1 Å². The van der Waals surface area contributed by atoms with E-state index in [1.54, 1.807) is 12.1 Å². The van der Waals surface area contributed by atoms with Crippen molar-refractivity contribution in [3.8, 4) is 0 Å². The van der Waals surface area contributed by atoms with Gasteiger partial charge in [0.1, 0.15) is 0 Å². The lowest BCUT2D eigenvalue weighted by Gasteiger charge is -2.27. The Morgan fingerprint density at radius 2 is 1.84 bits per heavy atom. The van der Waals surface area contributed by atoms with E-state index < -0.39 is 0 Å². The van der Waals surface area contributed by atoms with Crippen LogP contribution in [-0.4, -0.2) is 52.1 Å². The Morgan fingerprint density at radius 3 is 2.53 bits per heavy atom. The molecule has 3 amide bonds. The highest BCUT2D eigenvalue weighted by molar-refractivity contribution is 7.15. The van der Waals surface area contributed by atoms with Crippen molar-refractivity contribution in [2.24, 2.45) is 0 Å². The zero-order valence-electron chi connectivity index (χ0n) is 17.9. The minimum atomic E-state index is -0.298. The van der Waals surface area contributed by atoms with Crippen molar-refractivity contribution >= 4 is 45.0 Å². The van der Waals surface area contributed by atoms with Gasteiger partial charge in [-0.15, -0.1) is 11.3 Å². The lowest BCUT2D eigenvalue weighted by atomic mass is 9.94. The van der Waals surface area contributed by atoms with Crippen LogP contribution >= 0.6 is 11.3 Å². The number of nitrogens with one attached hydrogen (secondary N) is 1. The first-order valence-corrected chi connectivity index (χ1v) is 11.8. The predicted octanol–water partition coefficient (Wildman–Crippen LogP) is 3.69. The molecule has 2 aliphatic rings. The van der Waals surface area contributed by atoms with Gasteiger partial charge in [-0.3, -0.25) is 24.2 Å². The molecule has 0 aliphatic carbocycles. The molecule has 1 aromatic heterocycles. The van der Waals surface area contributed by atoms with E-state index in [0.29, 0.717) is 28.1 Å². The molecule has 0 saturated heterocycles. The number of aromatic nitrogens is 1. The Balaban J connectivity index is 1.21. The van der Waals surface area contributed by atoms with Gasteiger partial charge in [0.25, 0.3) is 11.8 Å². The van der Waals surface area contributed by atoms with Gasteiger partial charge in [0.15, 0.2) is 5.13 Å². The molecule has 0 atom stereocenters. The quantitative estimate of drug-likeness (QED) is 0.582. The van der Waals surface area contributed by atoms with Gasteiger partial charge in [-0.2, -0.15) is 0 Å². The fourth-order valence-corrected chi connectivity index (χ4v) is 5.50. The average Bonchev–Trinajstić information content (AvgIpc) is 3.20. The molecule has 5 rings (SSSR count). The molecule has 0 fully saturated rings. The Morgan fingerprint density at radius 1 is 1.12 bits per heavy atom. The maximum Gasteiger partial charge on any atom is 0.261 e. The highest BCUT2D eigenvalue weighted by atomic mass is 32.1. The van der Waals surface area contributed by atoms with Crippen LogP contribution in [0.5, 0.6) is 0 Å². The Hall–Kier alpha value is -3.10. The third kappa shape index (κ3) is 3.69. The summed E-state index contributed by atoms with van der Waals surface area (Å²) in [6.45, 7) is 5.23. The third-order valence-corrected chi connectivity index (χ3v) is 7.14. The number of thiazole rings is 1. The highest BCUT2D eigenvalue weighted by Crippen LogP contribution is 2.30. The molecule has 2 aliphatic heterocycles. The van der Waals surface area contributed by atoms with Crippen LogP contribution in [0.3, 0.4) is 0 Å². The van der Waals surface area contributed by atoms with E-state index in [-0.39, 0.29) is 30.7 Å². The molecular weight excluding hydrogens is 424 g/mol. The normalized spacial score (nSPS) is 15.8. The van der Waals surface area contributed by atoms with Crippen LogP contribution < -0.4 is 5.32 Å². The summed E-state index contributed by atoms with van der Waals surface area (Å²) in [6, 6.07) is 11.0. The van der Waals surface area contributed by atoms with Crippen LogP contribution in [-0.2, 0) is 17.8 Å². The topological polar surface area (TPSA) is 82.6 Å². The van der Waals surface area contributed by atoms with Crippen molar-refractivity contribution in [2.45, 2.75) is 32.7 Å². The number of hydrogen-bond acceptors (Lipinski definition) is 6. The monoisotopic (exact) mass is 448 g/mol. The average molecular weight is 449 g/mol. The lowest BCUT2D eigenvalue weighted by Crippen LogP contribution is -2.41. The minimum absolute atomic E-state index is 0.150. The first-order valence-electron chi connectivity index (χ1n) is 10.9. The number of rotatable bonds is 6. The number of benzene rings is 2.